The van der Waals surface area contributed by atoms with Crippen LogP contribution >= 0.6 is 0 Å². The van der Waals surface area contributed by atoms with E-state index in [2.05, 4.69) is 13.8 Å². The zero-order chi connectivity index (χ0) is 17.0. The molecule has 0 fully saturated rings. The predicted molar refractivity (Wildman–Crippen MR) is 83.4 cm³/mol. The Morgan fingerprint density at radius 3 is 1.36 bits per heavy atom. The summed E-state index contributed by atoms with van der Waals surface area (Å²) in [5.74, 6) is 0. The fraction of sp³-hybridized carbons (Fsp3) is 1.00. The predicted octanol–water partition coefficient (Wildman–Crippen LogP) is 3.54. The second-order valence-electron chi connectivity index (χ2n) is 4.82. The third-order valence-corrected chi connectivity index (χ3v) is 9.07. The van der Waals surface area contributed by atoms with Crippen molar-refractivity contribution >= 4 is 9.05 Å². The van der Waals surface area contributed by atoms with Gasteiger partial charge in [-0.2, -0.15) is 0 Å². The zero-order valence-electron chi connectivity index (χ0n) is 15.1. The van der Waals surface area contributed by atoms with Gasteiger partial charge in [0.05, 0.1) is 0 Å². The SMILES string of the molecule is CCO[Si](OCC)(OCC)[O][Ti]([O]C(C)CC)[O]C(C)CC. The summed E-state index contributed by atoms with van der Waals surface area (Å²) in [6.07, 6.45) is 1.96. The van der Waals surface area contributed by atoms with Gasteiger partial charge in [-0.3, -0.25) is 0 Å². The number of hydrogen-bond donors (Lipinski definition) is 0. The zero-order valence-corrected chi connectivity index (χ0v) is 17.7. The minimum atomic E-state index is -3.19. The molecule has 0 spiro atoms. The third-order valence-electron chi connectivity index (χ3n) is 2.92. The molecule has 0 aromatic heterocycles. The monoisotopic (exact) mass is 373 g/mol. The van der Waals surface area contributed by atoms with Crippen LogP contribution in [0.15, 0.2) is 0 Å². The Bertz CT molecular complexity index is 243. The number of hydrogen-bond acceptors (Lipinski definition) is 6. The summed E-state index contributed by atoms with van der Waals surface area (Å²) < 4.78 is 35.2. The molecule has 0 aliphatic rings. The Balaban J connectivity index is 5.03. The van der Waals surface area contributed by atoms with Gasteiger partial charge in [0.25, 0.3) is 0 Å². The molecule has 0 radical (unpaired) electrons. The van der Waals surface area contributed by atoms with Crippen LogP contribution in [0.4, 0.5) is 0 Å². The Morgan fingerprint density at radius 1 is 0.727 bits per heavy atom. The van der Waals surface area contributed by atoms with E-state index in [1.165, 1.54) is 0 Å². The molecule has 0 aliphatic heterocycles. The Kier molecular flexibility index (Phi) is 13.4. The van der Waals surface area contributed by atoms with E-state index < -0.39 is 28.1 Å². The van der Waals surface area contributed by atoms with Crippen molar-refractivity contribution in [2.24, 2.45) is 0 Å². The standard InChI is InChI=1S/C6H15O4Si.2C4H9O.Ti/c1-4-8-11(7,9-5-2)10-6-3;2*1-3-4(2)5;/h4-6H2,1-3H3;2*4H,3H2,1-2H3;/q3*-1;+3. The minimum absolute atomic E-state index is 0.0793. The van der Waals surface area contributed by atoms with Crippen molar-refractivity contribution in [1.82, 2.24) is 0 Å². The van der Waals surface area contributed by atoms with Crippen LogP contribution in [0.1, 0.15) is 61.3 Å². The van der Waals surface area contributed by atoms with Crippen molar-refractivity contribution in [2.45, 2.75) is 73.5 Å². The quantitative estimate of drug-likeness (QED) is 0.434. The van der Waals surface area contributed by atoms with Crippen molar-refractivity contribution < 1.29 is 42.0 Å². The van der Waals surface area contributed by atoms with Crippen LogP contribution in [0.5, 0.6) is 0 Å². The van der Waals surface area contributed by atoms with E-state index in [9.17, 15) is 0 Å². The van der Waals surface area contributed by atoms with Crippen molar-refractivity contribution in [2.75, 3.05) is 19.8 Å². The molecular weight excluding hydrogens is 340 g/mol. The van der Waals surface area contributed by atoms with Gasteiger partial charge >= 0.3 is 144 Å². The molecular formula is C14H33O6SiTi. The van der Waals surface area contributed by atoms with Crippen LogP contribution in [-0.4, -0.2) is 41.1 Å². The van der Waals surface area contributed by atoms with E-state index in [-0.39, 0.29) is 12.2 Å². The first-order valence-electron chi connectivity index (χ1n) is 8.27. The second-order valence-corrected chi connectivity index (χ2v) is 9.37. The molecule has 0 aliphatic carbocycles. The molecule has 0 aromatic rings. The molecule has 0 bridgehead atoms. The van der Waals surface area contributed by atoms with Crippen molar-refractivity contribution in [1.29, 1.82) is 0 Å². The summed E-state index contributed by atoms with van der Waals surface area (Å²) in [5, 5.41) is 0. The van der Waals surface area contributed by atoms with Crippen LogP contribution in [0.2, 0.25) is 0 Å². The Hall–Kier alpha value is 0.691. The van der Waals surface area contributed by atoms with Gasteiger partial charge in [-0.15, -0.1) is 0 Å². The molecule has 0 aromatic carbocycles. The van der Waals surface area contributed by atoms with E-state index in [1.54, 1.807) is 0 Å². The van der Waals surface area contributed by atoms with E-state index >= 15 is 0 Å². The van der Waals surface area contributed by atoms with Crippen molar-refractivity contribution in [3.63, 3.8) is 0 Å². The van der Waals surface area contributed by atoms with Crippen LogP contribution < -0.4 is 0 Å². The van der Waals surface area contributed by atoms with Crippen LogP contribution in [0.25, 0.3) is 0 Å². The normalized spacial score (nSPS) is 14.9. The van der Waals surface area contributed by atoms with Gasteiger partial charge in [0.15, 0.2) is 0 Å². The maximum absolute atomic E-state index is 6.10. The summed E-state index contributed by atoms with van der Waals surface area (Å²) in [4.78, 5) is 0. The van der Waals surface area contributed by atoms with Gasteiger partial charge in [0, 0.05) is 0 Å². The first-order valence-corrected chi connectivity index (χ1v) is 11.8. The number of rotatable bonds is 14. The molecule has 0 saturated carbocycles. The van der Waals surface area contributed by atoms with E-state index in [4.69, 9.17) is 22.9 Å². The fourth-order valence-corrected chi connectivity index (χ4v) is 7.07. The Labute approximate surface area is 144 Å². The van der Waals surface area contributed by atoms with Crippen LogP contribution in [0.3, 0.4) is 0 Å². The fourth-order valence-electron chi connectivity index (χ4n) is 1.42. The van der Waals surface area contributed by atoms with E-state index in [1.807, 2.05) is 34.6 Å². The Morgan fingerprint density at radius 2 is 1.09 bits per heavy atom. The average molecular weight is 373 g/mol. The van der Waals surface area contributed by atoms with E-state index in [0.29, 0.717) is 19.8 Å². The van der Waals surface area contributed by atoms with Crippen molar-refractivity contribution in [3.05, 3.63) is 0 Å². The molecule has 8 heteroatoms. The summed E-state index contributed by atoms with van der Waals surface area (Å²) in [6.45, 7) is 15.3. The van der Waals surface area contributed by atoms with Crippen LogP contribution in [-0.2, 0) is 42.0 Å². The van der Waals surface area contributed by atoms with Crippen molar-refractivity contribution in [3.8, 4) is 0 Å². The summed E-state index contributed by atoms with van der Waals surface area (Å²) in [7, 11) is -3.19. The molecule has 0 N–H and O–H groups in total. The molecule has 0 rings (SSSR count). The molecule has 0 saturated heterocycles. The van der Waals surface area contributed by atoms with Gasteiger partial charge in [-0.25, -0.2) is 0 Å². The van der Waals surface area contributed by atoms with Gasteiger partial charge in [0.1, 0.15) is 0 Å². The third kappa shape index (κ3) is 9.10. The molecule has 133 valence electrons. The van der Waals surface area contributed by atoms with E-state index in [0.717, 1.165) is 12.8 Å². The summed E-state index contributed by atoms with van der Waals surface area (Å²) >= 11 is -2.73. The average Bonchev–Trinajstić information content (AvgIpc) is 2.47. The molecule has 2 atom stereocenters. The maximum atomic E-state index is 6.10. The van der Waals surface area contributed by atoms with Gasteiger partial charge in [-0.05, 0) is 0 Å². The first-order chi connectivity index (χ1) is 10.5. The summed E-state index contributed by atoms with van der Waals surface area (Å²) in [6, 6.07) is 0. The molecule has 6 nitrogen and oxygen atoms in total. The summed E-state index contributed by atoms with van der Waals surface area (Å²) in [5.41, 5.74) is 0. The molecule has 22 heavy (non-hydrogen) atoms. The molecule has 2 unspecified atom stereocenters. The molecule has 0 amide bonds. The topological polar surface area (TPSA) is 55.4 Å². The second kappa shape index (κ2) is 13.0. The van der Waals surface area contributed by atoms with Crippen LogP contribution in [0, 0.1) is 0 Å². The van der Waals surface area contributed by atoms with Gasteiger partial charge in [-0.1, -0.05) is 0 Å². The van der Waals surface area contributed by atoms with Gasteiger partial charge < -0.3 is 0 Å². The van der Waals surface area contributed by atoms with Gasteiger partial charge in [0.2, 0.25) is 0 Å². The molecule has 0 heterocycles. The first kappa shape index (κ1) is 22.7.